The summed E-state index contributed by atoms with van der Waals surface area (Å²) in [5.41, 5.74) is 1.96. The van der Waals surface area contributed by atoms with Crippen molar-refractivity contribution in [1.29, 1.82) is 0 Å². The molecule has 2 fully saturated rings. The Hall–Kier alpha value is -2.25. The zero-order valence-electron chi connectivity index (χ0n) is 17.0. The van der Waals surface area contributed by atoms with Crippen molar-refractivity contribution in [3.05, 3.63) is 59.7 Å². The van der Waals surface area contributed by atoms with E-state index in [4.69, 9.17) is 4.74 Å². The number of piperidine rings is 2. The Balaban J connectivity index is 1.54. The van der Waals surface area contributed by atoms with Gasteiger partial charge in [0.15, 0.2) is 0 Å². The fourth-order valence-electron chi connectivity index (χ4n) is 4.97. The molecule has 0 aliphatic carbocycles. The van der Waals surface area contributed by atoms with Crippen LogP contribution in [-0.2, 0) is 0 Å². The minimum atomic E-state index is -4.71. The van der Waals surface area contributed by atoms with Crippen LogP contribution < -0.4 is 20.1 Å². The predicted molar refractivity (Wildman–Crippen MR) is 109 cm³/mol. The van der Waals surface area contributed by atoms with E-state index in [2.05, 4.69) is 39.6 Å². The Morgan fingerprint density at radius 2 is 1.87 bits per heavy atom. The summed E-state index contributed by atoms with van der Waals surface area (Å²) >= 11 is 0. The third-order valence-corrected chi connectivity index (χ3v) is 6.35. The second-order valence-corrected chi connectivity index (χ2v) is 8.13. The SMILES string of the molecule is COc1ccc(OC(F)(F)F)cc1C1CCC2(CCCNC2c2ccccc2)NC1. The lowest BCUT2D eigenvalue weighted by atomic mass is 9.71. The number of nitrogens with one attached hydrogen (secondary N) is 2. The van der Waals surface area contributed by atoms with Gasteiger partial charge in [0.1, 0.15) is 11.5 Å². The van der Waals surface area contributed by atoms with E-state index >= 15 is 0 Å². The molecule has 4 rings (SSSR count). The van der Waals surface area contributed by atoms with Gasteiger partial charge in [-0.05, 0) is 56.0 Å². The molecular formula is C23H27F3N2O2. The van der Waals surface area contributed by atoms with Crippen molar-refractivity contribution in [1.82, 2.24) is 10.6 Å². The van der Waals surface area contributed by atoms with Gasteiger partial charge in [-0.25, -0.2) is 0 Å². The Kier molecular flexibility index (Phi) is 5.93. The molecule has 1 spiro atoms. The van der Waals surface area contributed by atoms with E-state index in [0.29, 0.717) is 12.3 Å². The lowest BCUT2D eigenvalue weighted by Crippen LogP contribution is -2.60. The number of rotatable bonds is 4. The molecule has 7 heteroatoms. The van der Waals surface area contributed by atoms with Crippen molar-refractivity contribution in [3.8, 4) is 11.5 Å². The standard InChI is InChI=1S/C23H27F3N2O2/c1-29-20-9-8-18(30-23(24,25)26)14-19(20)17-10-12-22(28-15-17)11-5-13-27-21(22)16-6-3-2-4-7-16/h2-4,6-9,14,17,21,27-28H,5,10-13,15H2,1H3. The molecule has 0 aromatic heterocycles. The van der Waals surface area contributed by atoms with Gasteiger partial charge in [-0.1, -0.05) is 30.3 Å². The highest BCUT2D eigenvalue weighted by Crippen LogP contribution is 2.44. The van der Waals surface area contributed by atoms with Crippen LogP contribution in [0.25, 0.3) is 0 Å². The Bertz CT molecular complexity index is 849. The third-order valence-electron chi connectivity index (χ3n) is 6.35. The van der Waals surface area contributed by atoms with Gasteiger partial charge in [0.25, 0.3) is 0 Å². The second kappa shape index (κ2) is 8.47. The van der Waals surface area contributed by atoms with Crippen molar-refractivity contribution in [3.63, 3.8) is 0 Å². The molecule has 162 valence electrons. The van der Waals surface area contributed by atoms with Gasteiger partial charge >= 0.3 is 6.36 Å². The van der Waals surface area contributed by atoms with Crippen molar-refractivity contribution in [2.45, 2.75) is 49.5 Å². The zero-order valence-corrected chi connectivity index (χ0v) is 17.0. The van der Waals surface area contributed by atoms with Crippen LogP contribution in [0.1, 0.15) is 48.8 Å². The summed E-state index contributed by atoms with van der Waals surface area (Å²) in [6.45, 7) is 1.66. The summed E-state index contributed by atoms with van der Waals surface area (Å²) in [7, 11) is 1.54. The minimum absolute atomic E-state index is 0.0522. The monoisotopic (exact) mass is 420 g/mol. The first-order valence-electron chi connectivity index (χ1n) is 10.4. The van der Waals surface area contributed by atoms with Crippen LogP contribution in [0.4, 0.5) is 13.2 Å². The molecule has 2 heterocycles. The number of methoxy groups -OCH3 is 1. The van der Waals surface area contributed by atoms with E-state index in [1.165, 1.54) is 24.8 Å². The summed E-state index contributed by atoms with van der Waals surface area (Å²) in [6.07, 6.45) is -0.751. The highest BCUT2D eigenvalue weighted by atomic mass is 19.4. The number of ether oxygens (including phenoxy) is 2. The molecule has 2 aliphatic heterocycles. The molecule has 3 unspecified atom stereocenters. The van der Waals surface area contributed by atoms with Crippen LogP contribution in [-0.4, -0.2) is 32.1 Å². The molecule has 2 saturated heterocycles. The van der Waals surface area contributed by atoms with Crippen LogP contribution in [0.2, 0.25) is 0 Å². The van der Waals surface area contributed by atoms with E-state index in [9.17, 15) is 13.2 Å². The molecule has 2 aromatic carbocycles. The van der Waals surface area contributed by atoms with Crippen molar-refractivity contribution < 1.29 is 22.6 Å². The van der Waals surface area contributed by atoms with Crippen molar-refractivity contribution in [2.24, 2.45) is 0 Å². The first-order chi connectivity index (χ1) is 14.4. The average molecular weight is 420 g/mol. The molecule has 4 nitrogen and oxygen atoms in total. The topological polar surface area (TPSA) is 42.5 Å². The zero-order chi connectivity index (χ0) is 21.2. The van der Waals surface area contributed by atoms with Gasteiger partial charge < -0.3 is 20.1 Å². The fourth-order valence-corrected chi connectivity index (χ4v) is 4.97. The van der Waals surface area contributed by atoms with Crippen LogP contribution in [0.15, 0.2) is 48.5 Å². The number of benzene rings is 2. The molecule has 0 amide bonds. The molecule has 3 atom stereocenters. The summed E-state index contributed by atoms with van der Waals surface area (Å²) in [5, 5.41) is 7.45. The number of halogens is 3. The average Bonchev–Trinajstić information content (AvgIpc) is 2.74. The summed E-state index contributed by atoms with van der Waals surface area (Å²) in [4.78, 5) is 0. The minimum Gasteiger partial charge on any atom is -0.496 e. The van der Waals surface area contributed by atoms with Crippen molar-refractivity contribution >= 4 is 0 Å². The summed E-state index contributed by atoms with van der Waals surface area (Å²) in [6, 6.07) is 15.0. The first-order valence-corrected chi connectivity index (χ1v) is 10.4. The largest absolute Gasteiger partial charge is 0.573 e. The number of hydrogen-bond donors (Lipinski definition) is 2. The molecule has 0 saturated carbocycles. The summed E-state index contributed by atoms with van der Waals surface area (Å²) in [5.74, 6) is 0.439. The van der Waals surface area contributed by atoms with E-state index in [1.54, 1.807) is 6.07 Å². The molecular weight excluding hydrogens is 393 g/mol. The number of alkyl halides is 3. The third kappa shape index (κ3) is 4.42. The van der Waals surface area contributed by atoms with Gasteiger partial charge in [0.2, 0.25) is 0 Å². The summed E-state index contributed by atoms with van der Waals surface area (Å²) < 4.78 is 47.6. The molecule has 30 heavy (non-hydrogen) atoms. The Morgan fingerprint density at radius 1 is 1.07 bits per heavy atom. The first kappa shape index (κ1) is 21.0. The van der Waals surface area contributed by atoms with E-state index in [0.717, 1.165) is 37.8 Å². The van der Waals surface area contributed by atoms with E-state index < -0.39 is 6.36 Å². The van der Waals surface area contributed by atoms with Gasteiger partial charge in [0, 0.05) is 23.6 Å². The maximum atomic E-state index is 12.7. The van der Waals surface area contributed by atoms with Crippen molar-refractivity contribution in [2.75, 3.05) is 20.2 Å². The second-order valence-electron chi connectivity index (χ2n) is 8.13. The maximum absolute atomic E-state index is 12.7. The predicted octanol–water partition coefficient (Wildman–Crippen LogP) is 4.92. The van der Waals surface area contributed by atoms with Gasteiger partial charge in [-0.2, -0.15) is 0 Å². The van der Waals surface area contributed by atoms with E-state index in [-0.39, 0.29) is 23.2 Å². The lowest BCUT2D eigenvalue weighted by molar-refractivity contribution is -0.274. The van der Waals surface area contributed by atoms with Crippen LogP contribution in [0.3, 0.4) is 0 Å². The Morgan fingerprint density at radius 3 is 2.53 bits per heavy atom. The molecule has 2 aliphatic rings. The maximum Gasteiger partial charge on any atom is 0.573 e. The normalized spacial score (nSPS) is 27.1. The highest BCUT2D eigenvalue weighted by Gasteiger charge is 2.44. The Labute approximate surface area is 174 Å². The lowest BCUT2D eigenvalue weighted by Gasteiger charge is -2.50. The molecule has 0 radical (unpaired) electrons. The molecule has 2 aromatic rings. The quantitative estimate of drug-likeness (QED) is 0.737. The van der Waals surface area contributed by atoms with Gasteiger partial charge in [0.05, 0.1) is 13.2 Å². The smallest absolute Gasteiger partial charge is 0.496 e. The number of hydrogen-bond acceptors (Lipinski definition) is 4. The van der Waals surface area contributed by atoms with E-state index in [1.807, 2.05) is 6.07 Å². The van der Waals surface area contributed by atoms with Crippen LogP contribution in [0, 0.1) is 0 Å². The van der Waals surface area contributed by atoms with Crippen LogP contribution in [0.5, 0.6) is 11.5 Å². The fraction of sp³-hybridized carbons (Fsp3) is 0.478. The van der Waals surface area contributed by atoms with Gasteiger partial charge in [-0.15, -0.1) is 13.2 Å². The van der Waals surface area contributed by atoms with Crippen LogP contribution >= 0.6 is 0 Å². The molecule has 2 N–H and O–H groups in total. The van der Waals surface area contributed by atoms with Gasteiger partial charge in [-0.3, -0.25) is 0 Å². The highest BCUT2D eigenvalue weighted by molar-refractivity contribution is 5.43. The molecule has 0 bridgehead atoms.